The number of amides is 1. The first-order valence-corrected chi connectivity index (χ1v) is 7.16. The molecule has 2 aromatic rings. The first-order valence-electron chi connectivity index (χ1n) is 6.28. The summed E-state index contributed by atoms with van der Waals surface area (Å²) in [5, 5.41) is 5.58. The van der Waals surface area contributed by atoms with Crippen molar-refractivity contribution in [2.75, 3.05) is 11.9 Å². The molecule has 0 fully saturated rings. The van der Waals surface area contributed by atoms with Gasteiger partial charge in [-0.25, -0.2) is 4.98 Å². The number of nitrogens with two attached hydrogens (primary N) is 1. The molecule has 0 radical (unpaired) electrons. The number of nitrogens with one attached hydrogen (secondary N) is 1. The Labute approximate surface area is 128 Å². The number of thiazole rings is 1. The maximum absolute atomic E-state index is 12.1. The van der Waals surface area contributed by atoms with Crippen molar-refractivity contribution in [1.82, 2.24) is 4.98 Å². The highest BCUT2D eigenvalue weighted by molar-refractivity contribution is 7.09. The van der Waals surface area contributed by atoms with Gasteiger partial charge in [0.25, 0.3) is 5.91 Å². The molecular formula is C14H18ClN3OS. The number of halogens is 1. The third kappa shape index (κ3) is 4.03. The molecule has 3 N–H and O–H groups in total. The molecule has 0 atom stereocenters. The van der Waals surface area contributed by atoms with Gasteiger partial charge in [0.05, 0.1) is 5.01 Å². The minimum absolute atomic E-state index is 0. The topological polar surface area (TPSA) is 68.0 Å². The third-order valence-corrected chi connectivity index (χ3v) is 3.70. The van der Waals surface area contributed by atoms with E-state index >= 15 is 0 Å². The first kappa shape index (κ1) is 16.6. The van der Waals surface area contributed by atoms with E-state index in [1.54, 1.807) is 5.38 Å². The predicted molar refractivity (Wildman–Crippen MR) is 85.9 cm³/mol. The summed E-state index contributed by atoms with van der Waals surface area (Å²) in [5.74, 6) is -0.166. The van der Waals surface area contributed by atoms with E-state index in [4.69, 9.17) is 5.73 Å². The molecule has 0 saturated heterocycles. The average Bonchev–Trinajstić information content (AvgIpc) is 2.88. The van der Waals surface area contributed by atoms with Gasteiger partial charge in [-0.1, -0.05) is 25.1 Å². The number of nitrogens with zero attached hydrogens (tertiary/aromatic N) is 1. The zero-order valence-electron chi connectivity index (χ0n) is 11.3. The number of benzene rings is 1. The van der Waals surface area contributed by atoms with Crippen LogP contribution >= 0.6 is 23.7 Å². The minimum atomic E-state index is -0.166. The van der Waals surface area contributed by atoms with Crippen LogP contribution in [0.25, 0.3) is 0 Å². The van der Waals surface area contributed by atoms with E-state index in [1.807, 2.05) is 24.3 Å². The van der Waals surface area contributed by atoms with Crippen molar-refractivity contribution < 1.29 is 4.79 Å². The zero-order valence-corrected chi connectivity index (χ0v) is 12.9. The SMILES string of the molecule is CCc1ccccc1NC(=O)c1csc(CCN)n1.Cl. The van der Waals surface area contributed by atoms with Gasteiger partial charge in [0.15, 0.2) is 0 Å². The van der Waals surface area contributed by atoms with Crippen molar-refractivity contribution in [3.8, 4) is 0 Å². The number of anilines is 1. The largest absolute Gasteiger partial charge is 0.330 e. The summed E-state index contributed by atoms with van der Waals surface area (Å²) in [7, 11) is 0. The fourth-order valence-electron chi connectivity index (χ4n) is 1.79. The number of hydrogen-bond donors (Lipinski definition) is 2. The summed E-state index contributed by atoms with van der Waals surface area (Å²) < 4.78 is 0. The lowest BCUT2D eigenvalue weighted by Gasteiger charge is -2.08. The fourth-order valence-corrected chi connectivity index (χ4v) is 2.58. The molecule has 1 aromatic heterocycles. The molecule has 108 valence electrons. The summed E-state index contributed by atoms with van der Waals surface area (Å²) in [6.45, 7) is 2.61. The van der Waals surface area contributed by atoms with Crippen LogP contribution in [-0.4, -0.2) is 17.4 Å². The Hall–Kier alpha value is -1.43. The van der Waals surface area contributed by atoms with E-state index in [2.05, 4.69) is 17.2 Å². The molecule has 1 aromatic carbocycles. The smallest absolute Gasteiger partial charge is 0.275 e. The van der Waals surface area contributed by atoms with Gasteiger partial charge in [-0.2, -0.15) is 0 Å². The quantitative estimate of drug-likeness (QED) is 0.892. The summed E-state index contributed by atoms with van der Waals surface area (Å²) in [4.78, 5) is 16.4. The highest BCUT2D eigenvalue weighted by Crippen LogP contribution is 2.17. The molecule has 1 amide bonds. The molecule has 6 heteroatoms. The minimum Gasteiger partial charge on any atom is -0.330 e. The third-order valence-electron chi connectivity index (χ3n) is 2.79. The molecule has 0 aliphatic carbocycles. The monoisotopic (exact) mass is 311 g/mol. The van der Waals surface area contributed by atoms with Crippen molar-refractivity contribution in [3.05, 3.63) is 45.9 Å². The second-order valence-corrected chi connectivity index (χ2v) is 5.07. The summed E-state index contributed by atoms with van der Waals surface area (Å²) >= 11 is 1.47. The van der Waals surface area contributed by atoms with Crippen LogP contribution in [0.1, 0.15) is 28.0 Å². The van der Waals surface area contributed by atoms with Gasteiger partial charge >= 0.3 is 0 Å². The van der Waals surface area contributed by atoms with Crippen LogP contribution in [0.2, 0.25) is 0 Å². The molecular weight excluding hydrogens is 294 g/mol. The van der Waals surface area contributed by atoms with E-state index < -0.39 is 0 Å². The van der Waals surface area contributed by atoms with Crippen LogP contribution in [0.3, 0.4) is 0 Å². The van der Waals surface area contributed by atoms with Gasteiger partial charge in [-0.05, 0) is 24.6 Å². The molecule has 2 rings (SSSR count). The number of carbonyl (C=O) groups excluding carboxylic acids is 1. The Morgan fingerprint density at radius 1 is 1.40 bits per heavy atom. The Morgan fingerprint density at radius 3 is 2.85 bits per heavy atom. The normalized spacial score (nSPS) is 9.90. The van der Waals surface area contributed by atoms with Crippen LogP contribution in [-0.2, 0) is 12.8 Å². The molecule has 0 unspecified atom stereocenters. The lowest BCUT2D eigenvalue weighted by atomic mass is 10.1. The van der Waals surface area contributed by atoms with E-state index in [-0.39, 0.29) is 18.3 Å². The van der Waals surface area contributed by atoms with Gasteiger partial charge in [-0.15, -0.1) is 23.7 Å². The number of rotatable bonds is 5. The number of aromatic nitrogens is 1. The van der Waals surface area contributed by atoms with Crippen LogP contribution in [0.4, 0.5) is 5.69 Å². The van der Waals surface area contributed by atoms with E-state index in [1.165, 1.54) is 11.3 Å². The van der Waals surface area contributed by atoms with Gasteiger partial charge in [0, 0.05) is 17.5 Å². The Bertz CT molecular complexity index is 571. The standard InChI is InChI=1S/C14H17N3OS.ClH/c1-2-10-5-3-4-6-11(10)17-14(18)12-9-19-13(16-12)7-8-15;/h3-6,9H,2,7-8,15H2,1H3,(H,17,18);1H. The summed E-state index contributed by atoms with van der Waals surface area (Å²) in [5.41, 5.74) is 7.90. The number of aryl methyl sites for hydroxylation is 1. The number of hydrogen-bond acceptors (Lipinski definition) is 4. The lowest BCUT2D eigenvalue weighted by Crippen LogP contribution is -2.14. The predicted octanol–water partition coefficient (Wildman–Crippen LogP) is 2.88. The zero-order chi connectivity index (χ0) is 13.7. The average molecular weight is 312 g/mol. The molecule has 20 heavy (non-hydrogen) atoms. The van der Waals surface area contributed by atoms with Crippen LogP contribution in [0.5, 0.6) is 0 Å². The molecule has 0 bridgehead atoms. The van der Waals surface area contributed by atoms with Gasteiger partial charge in [-0.3, -0.25) is 4.79 Å². The first-order chi connectivity index (χ1) is 9.24. The van der Waals surface area contributed by atoms with Crippen LogP contribution in [0, 0.1) is 0 Å². The molecule has 0 aliphatic rings. The van der Waals surface area contributed by atoms with Crippen LogP contribution < -0.4 is 11.1 Å². The number of carbonyl (C=O) groups is 1. The Morgan fingerprint density at radius 2 is 2.15 bits per heavy atom. The van der Waals surface area contributed by atoms with E-state index in [9.17, 15) is 4.79 Å². The van der Waals surface area contributed by atoms with E-state index in [0.717, 1.165) is 22.7 Å². The Balaban J connectivity index is 0.00000200. The Kier molecular flexibility index (Phi) is 6.64. The second kappa shape index (κ2) is 7.99. The maximum Gasteiger partial charge on any atom is 0.275 e. The molecule has 1 heterocycles. The van der Waals surface area contributed by atoms with E-state index in [0.29, 0.717) is 18.7 Å². The van der Waals surface area contributed by atoms with Gasteiger partial charge in [0.1, 0.15) is 5.69 Å². The highest BCUT2D eigenvalue weighted by Gasteiger charge is 2.12. The van der Waals surface area contributed by atoms with Crippen molar-refractivity contribution in [2.24, 2.45) is 5.73 Å². The number of para-hydroxylation sites is 1. The van der Waals surface area contributed by atoms with Crippen molar-refractivity contribution >= 4 is 35.3 Å². The molecule has 4 nitrogen and oxygen atoms in total. The fraction of sp³-hybridized carbons (Fsp3) is 0.286. The van der Waals surface area contributed by atoms with Crippen molar-refractivity contribution in [3.63, 3.8) is 0 Å². The summed E-state index contributed by atoms with van der Waals surface area (Å²) in [6, 6.07) is 7.80. The van der Waals surface area contributed by atoms with Crippen LogP contribution in [0.15, 0.2) is 29.6 Å². The van der Waals surface area contributed by atoms with Crippen molar-refractivity contribution in [2.45, 2.75) is 19.8 Å². The van der Waals surface area contributed by atoms with Crippen molar-refractivity contribution in [1.29, 1.82) is 0 Å². The lowest BCUT2D eigenvalue weighted by molar-refractivity contribution is 0.102. The highest BCUT2D eigenvalue weighted by atomic mass is 35.5. The summed E-state index contributed by atoms with van der Waals surface area (Å²) in [6.07, 6.45) is 1.59. The van der Waals surface area contributed by atoms with Gasteiger partial charge < -0.3 is 11.1 Å². The molecule has 0 spiro atoms. The molecule has 0 aliphatic heterocycles. The molecule has 0 saturated carbocycles. The maximum atomic E-state index is 12.1. The second-order valence-electron chi connectivity index (χ2n) is 4.13. The van der Waals surface area contributed by atoms with Gasteiger partial charge in [0.2, 0.25) is 0 Å².